The van der Waals surface area contributed by atoms with Gasteiger partial charge in [-0.25, -0.2) is 0 Å². The number of fused-ring (bicyclic) bond motifs is 2. The summed E-state index contributed by atoms with van der Waals surface area (Å²) in [5, 5.41) is 106. The Morgan fingerprint density at radius 2 is 1.16 bits per heavy atom. The number of carboxylic acid groups (broad SMARTS) is 1. The summed E-state index contributed by atoms with van der Waals surface area (Å²) in [7, 11) is 0. The molecule has 0 aromatic heterocycles. The minimum absolute atomic E-state index is 0.100. The molecule has 0 aromatic carbocycles. The monoisotopic (exact) mass is 778 g/mol. The predicted molar refractivity (Wildman–Crippen MR) is 204 cm³/mol. The van der Waals surface area contributed by atoms with Crippen LogP contribution < -0.4 is 0 Å². The van der Waals surface area contributed by atoms with E-state index < -0.39 is 110 Å². The topological polar surface area (TPSA) is 255 Å². The van der Waals surface area contributed by atoms with Gasteiger partial charge in [0.25, 0.3) is 0 Å². The van der Waals surface area contributed by atoms with Gasteiger partial charge in [0.1, 0.15) is 12.0 Å². The number of rotatable bonds is 1. The molecule has 1 unspecified atom stereocenters. The summed E-state index contributed by atoms with van der Waals surface area (Å²) >= 11 is 0. The van der Waals surface area contributed by atoms with E-state index >= 15 is 0 Å². The maximum atomic E-state index is 12.5. The average Bonchev–Trinajstić information content (AvgIpc) is 3.08. The van der Waals surface area contributed by atoms with Crippen molar-refractivity contribution in [2.75, 3.05) is 0 Å². The summed E-state index contributed by atoms with van der Waals surface area (Å²) in [5.74, 6) is -6.56. The zero-order chi connectivity index (χ0) is 41.1. The third-order valence-electron chi connectivity index (χ3n) is 9.84. The highest BCUT2D eigenvalue weighted by molar-refractivity contribution is 5.71. The minimum Gasteiger partial charge on any atom is -0.481 e. The molecule has 14 heteroatoms. The molecule has 2 rings (SSSR count). The van der Waals surface area contributed by atoms with Crippen LogP contribution >= 0.6 is 0 Å². The number of esters is 1. The van der Waals surface area contributed by atoms with Crippen molar-refractivity contribution in [1.82, 2.24) is 0 Å². The molecule has 2 heterocycles. The van der Waals surface area contributed by atoms with Crippen molar-refractivity contribution in [3.8, 4) is 0 Å². The first-order valence-corrected chi connectivity index (χ1v) is 18.9. The van der Waals surface area contributed by atoms with Crippen molar-refractivity contribution < 1.29 is 70.1 Å². The molecule has 0 spiro atoms. The molecule has 1 fully saturated rings. The molecule has 0 aromatic rings. The molecule has 2 aliphatic heterocycles. The number of cyclic esters (lactones) is 1. The normalized spacial score (nSPS) is 43.1. The van der Waals surface area contributed by atoms with E-state index in [2.05, 4.69) is 0 Å². The van der Waals surface area contributed by atoms with Crippen LogP contribution in [0.5, 0.6) is 0 Å². The van der Waals surface area contributed by atoms with Crippen molar-refractivity contribution in [1.29, 1.82) is 0 Å². The van der Waals surface area contributed by atoms with Crippen molar-refractivity contribution in [2.45, 2.75) is 139 Å². The number of hydrogen-bond donors (Lipinski definition) is 10. The Balaban J connectivity index is 2.18. The maximum absolute atomic E-state index is 12.5. The fourth-order valence-electron chi connectivity index (χ4n) is 6.51. The quantitative estimate of drug-likeness (QED) is 0.171. The molecule has 2 aliphatic rings. The summed E-state index contributed by atoms with van der Waals surface area (Å²) < 4.78 is 11.1. The molecule has 2 bridgehead atoms. The molecule has 0 aliphatic carbocycles. The first kappa shape index (κ1) is 47.9. The van der Waals surface area contributed by atoms with Gasteiger partial charge in [0.2, 0.25) is 0 Å². The van der Waals surface area contributed by atoms with E-state index in [1.54, 1.807) is 56.4 Å². The lowest BCUT2D eigenvalue weighted by Crippen LogP contribution is -2.56. The number of ether oxygens (including phenoxy) is 2. The zero-order valence-electron chi connectivity index (χ0n) is 31.9. The zero-order valence-corrected chi connectivity index (χ0v) is 31.9. The van der Waals surface area contributed by atoms with Gasteiger partial charge in [0, 0.05) is 31.1 Å². The molecular weight excluding hydrogens is 716 g/mol. The molecule has 0 saturated carbocycles. The number of carbonyl (C=O) groups is 2. The van der Waals surface area contributed by atoms with Crippen molar-refractivity contribution in [3.05, 3.63) is 85.1 Å². The van der Waals surface area contributed by atoms with Crippen LogP contribution in [0.1, 0.15) is 72.1 Å². The number of allylic oxidation sites excluding steroid dienone is 12. The smallest absolute Gasteiger partial charge is 0.311 e. The van der Waals surface area contributed by atoms with E-state index in [1.807, 2.05) is 43.4 Å². The summed E-state index contributed by atoms with van der Waals surface area (Å²) in [4.78, 5) is 24.5. The molecule has 0 amide bonds. The highest BCUT2D eigenvalue weighted by Gasteiger charge is 2.50. The Hall–Kier alpha value is -3.28. The predicted octanol–water partition coefficient (Wildman–Crippen LogP) is 1.89. The number of hydrogen-bond acceptors (Lipinski definition) is 13. The van der Waals surface area contributed by atoms with Gasteiger partial charge in [-0.3, -0.25) is 9.59 Å². The minimum atomic E-state index is -2.25. The molecule has 0 radical (unpaired) electrons. The Bertz CT molecular complexity index is 1370. The summed E-state index contributed by atoms with van der Waals surface area (Å²) in [5.41, 5.74) is 0. The van der Waals surface area contributed by atoms with E-state index in [9.17, 15) is 60.7 Å². The summed E-state index contributed by atoms with van der Waals surface area (Å²) in [6, 6.07) is 0. The molecule has 14 nitrogen and oxygen atoms in total. The van der Waals surface area contributed by atoms with Gasteiger partial charge in [0.05, 0.1) is 61.4 Å². The van der Waals surface area contributed by atoms with Gasteiger partial charge in [-0.05, 0) is 32.6 Å². The second kappa shape index (κ2) is 24.4. The standard InChI is InChI=1S/C41H62O14/c1-26-16-14-12-10-8-6-4-5-7-9-11-13-15-17-29(42)22-36-38(40(51)52)35(48)25-41(53,55-36)24-34(47)33(46)19-18-30(43)20-31(44)21-32(45)23-37(49)54-28(3)27(2)39(26)50/h4-17,26-36,38-39,42-48,50,53H,18-25H2,1-3H3,(H,51,52)/b5-4+,8-6+,9-7+,12-10+,13-11+,16-14+,17-15+/t26-,27-,28-,29-,30+,31+,32+,33+,34+,35-,36?,38+,39+,41+/m0/s1. The van der Waals surface area contributed by atoms with Gasteiger partial charge in [-0.15, -0.1) is 0 Å². The molecule has 55 heavy (non-hydrogen) atoms. The maximum Gasteiger partial charge on any atom is 0.311 e. The number of aliphatic carboxylic acids is 1. The van der Waals surface area contributed by atoms with E-state index in [1.165, 1.54) is 6.08 Å². The molecule has 14 atom stereocenters. The second-order valence-corrected chi connectivity index (χ2v) is 14.7. The number of aliphatic hydroxyl groups is 9. The summed E-state index contributed by atoms with van der Waals surface area (Å²) in [6.45, 7) is 5.23. The Labute approximate surface area is 323 Å². The lowest BCUT2D eigenvalue weighted by Gasteiger charge is -2.44. The fraction of sp³-hybridized carbons (Fsp3) is 0.610. The first-order valence-electron chi connectivity index (χ1n) is 18.9. The van der Waals surface area contributed by atoms with Crippen LogP contribution in [0.2, 0.25) is 0 Å². The van der Waals surface area contributed by atoms with Crippen LogP contribution in [0.25, 0.3) is 0 Å². The van der Waals surface area contributed by atoms with Gasteiger partial charge < -0.3 is 60.5 Å². The van der Waals surface area contributed by atoms with Gasteiger partial charge in [0.15, 0.2) is 5.79 Å². The number of carbonyl (C=O) groups excluding carboxylic acids is 1. The average molecular weight is 779 g/mol. The van der Waals surface area contributed by atoms with Crippen LogP contribution in [-0.4, -0.2) is 130 Å². The van der Waals surface area contributed by atoms with Crippen LogP contribution in [-0.2, 0) is 19.1 Å². The van der Waals surface area contributed by atoms with E-state index in [-0.39, 0.29) is 38.0 Å². The van der Waals surface area contributed by atoms with Crippen molar-refractivity contribution in [2.24, 2.45) is 17.8 Å². The van der Waals surface area contributed by atoms with Crippen LogP contribution in [0.15, 0.2) is 85.1 Å². The van der Waals surface area contributed by atoms with Crippen LogP contribution in [0.3, 0.4) is 0 Å². The van der Waals surface area contributed by atoms with Crippen molar-refractivity contribution >= 4 is 11.9 Å². The number of aliphatic hydroxyl groups excluding tert-OH is 8. The van der Waals surface area contributed by atoms with Gasteiger partial charge >= 0.3 is 11.9 Å². The SMILES string of the molecule is C[C@@H]1[C@H](O)[C@@H](C)/C=C/C=C/C=C/C=C/C=C/C=C/C=C/[C@H](O)CC2O[C@](O)(C[C@@H](O)[C@H](O)CC[C@@H](O)C[C@@H](O)C[C@@H](O)CC(=O)O[C@H]1C)C[C@H](O)[C@H]2C(=O)O. The summed E-state index contributed by atoms with van der Waals surface area (Å²) in [6.07, 6.45) is 9.12. The van der Waals surface area contributed by atoms with Gasteiger partial charge in [-0.1, -0.05) is 98.9 Å². The van der Waals surface area contributed by atoms with Crippen LogP contribution in [0.4, 0.5) is 0 Å². The fourth-order valence-corrected chi connectivity index (χ4v) is 6.51. The Kier molecular flexibility index (Phi) is 21.2. The molecule has 310 valence electrons. The highest BCUT2D eigenvalue weighted by atomic mass is 16.6. The van der Waals surface area contributed by atoms with E-state index in [0.717, 1.165) is 0 Å². The molecular formula is C41H62O14. The number of carboxylic acids is 1. The highest BCUT2D eigenvalue weighted by Crippen LogP contribution is 2.37. The lowest BCUT2D eigenvalue weighted by molar-refractivity contribution is -0.302. The Morgan fingerprint density at radius 1 is 0.655 bits per heavy atom. The third-order valence-corrected chi connectivity index (χ3v) is 9.84. The van der Waals surface area contributed by atoms with Crippen molar-refractivity contribution in [3.63, 3.8) is 0 Å². The van der Waals surface area contributed by atoms with E-state index in [4.69, 9.17) is 9.47 Å². The van der Waals surface area contributed by atoms with Crippen LogP contribution in [0, 0.1) is 17.8 Å². The van der Waals surface area contributed by atoms with E-state index in [0.29, 0.717) is 0 Å². The molecule has 1 saturated heterocycles. The lowest BCUT2D eigenvalue weighted by atomic mass is 9.82. The Morgan fingerprint density at radius 3 is 1.73 bits per heavy atom. The second-order valence-electron chi connectivity index (χ2n) is 14.7. The first-order chi connectivity index (χ1) is 25.9. The third kappa shape index (κ3) is 18.0. The largest absolute Gasteiger partial charge is 0.481 e. The molecule has 10 N–H and O–H groups in total. The van der Waals surface area contributed by atoms with Gasteiger partial charge in [-0.2, -0.15) is 0 Å².